The van der Waals surface area contributed by atoms with Crippen molar-refractivity contribution in [2.45, 2.75) is 26.3 Å². The van der Waals surface area contributed by atoms with Crippen molar-refractivity contribution in [3.8, 4) is 0 Å². The Labute approximate surface area is 371 Å². The Balaban J connectivity index is 1.12. The van der Waals surface area contributed by atoms with E-state index < -0.39 is 0 Å². The summed E-state index contributed by atoms with van der Waals surface area (Å²) in [6, 6.07) is 52.3. The molecule has 12 aromatic rings. The molecule has 0 bridgehead atoms. The van der Waals surface area contributed by atoms with Crippen LogP contribution in [0.5, 0.6) is 0 Å². The molecule has 0 aliphatic heterocycles. The van der Waals surface area contributed by atoms with E-state index in [4.69, 9.17) is 13.3 Å². The van der Waals surface area contributed by atoms with Crippen LogP contribution >= 0.6 is 0 Å². The highest BCUT2D eigenvalue weighted by molar-refractivity contribution is 6.26. The van der Waals surface area contributed by atoms with E-state index >= 15 is 0 Å². The maximum absolute atomic E-state index is 14.8. The lowest BCUT2D eigenvalue weighted by molar-refractivity contribution is 0.628. The summed E-state index contributed by atoms with van der Waals surface area (Å²) in [6.07, 6.45) is 5.61. The topological polar surface area (TPSA) is 45.9 Å². The molecule has 312 valence electrons. The summed E-state index contributed by atoms with van der Waals surface area (Å²) in [5, 5.41) is 9.71. The molecule has 0 amide bonds. The monoisotopic (exact) mass is 848 g/mol. The normalized spacial score (nSPS) is 14.3. The van der Waals surface area contributed by atoms with Crippen molar-refractivity contribution in [2.24, 2.45) is 0 Å². The molecule has 3 aromatic heterocycles. The van der Waals surface area contributed by atoms with Gasteiger partial charge in [-0.1, -0.05) is 115 Å². The summed E-state index contributed by atoms with van der Waals surface area (Å²) in [6.45, 7) is 4.13. The number of hydrogen-bond donors (Lipinski definition) is 0. The Morgan fingerprint density at radius 3 is 1.48 bits per heavy atom. The second-order valence-electron chi connectivity index (χ2n) is 17.1. The highest BCUT2D eigenvalue weighted by Gasteiger charge is 2.29. The van der Waals surface area contributed by atoms with Crippen LogP contribution in [0.4, 0.5) is 37.2 Å². The maximum Gasteiger partial charge on any atom is 0.159 e. The maximum atomic E-state index is 14.8. The molecule has 9 aromatic carbocycles. The number of rotatable bonds is 6. The van der Waals surface area contributed by atoms with E-state index in [1.165, 1.54) is 12.1 Å². The quantitative estimate of drug-likeness (QED) is 0.167. The van der Waals surface area contributed by atoms with Gasteiger partial charge in [0.2, 0.25) is 0 Å². The summed E-state index contributed by atoms with van der Waals surface area (Å²) in [5.74, 6) is -0.575. The molecular formula is C58H38F2N2O3. The van der Waals surface area contributed by atoms with Gasteiger partial charge in [-0.15, -0.1) is 0 Å². The van der Waals surface area contributed by atoms with Crippen molar-refractivity contribution >= 4 is 116 Å². The molecule has 0 fully saturated rings. The number of halogens is 2. The molecule has 1 aliphatic rings. The van der Waals surface area contributed by atoms with Crippen LogP contribution in [-0.2, 0) is 0 Å². The first-order chi connectivity index (χ1) is 31.9. The number of aryl methyl sites for hydroxylation is 2. The third-order valence-corrected chi connectivity index (χ3v) is 13.3. The van der Waals surface area contributed by atoms with Crippen LogP contribution in [0.3, 0.4) is 0 Å². The minimum atomic E-state index is -0.323. The summed E-state index contributed by atoms with van der Waals surface area (Å²) in [7, 11) is 0. The van der Waals surface area contributed by atoms with Crippen molar-refractivity contribution in [3.63, 3.8) is 0 Å². The van der Waals surface area contributed by atoms with Crippen LogP contribution in [0.25, 0.3) is 87.4 Å². The third kappa shape index (κ3) is 5.61. The molecule has 1 aliphatic carbocycles. The molecule has 0 spiro atoms. The first-order valence-electron chi connectivity index (χ1n) is 21.9. The standard InChI is InChI=1S/C58H38F2N2O3/c1-33-11-7-17-43-45-19-9-21-49(57(45)63-53(33)43)61(37-27-23-35(59)24-28-37)51-31-47-48-32-52(40-14-4-6-16-42(40)56(48)65-55(47)41-15-5-3-13-39(41)51)62(38-29-25-36(60)26-30-38)50-22-10-20-46-44-18-8-12-34(2)54(44)64-58(46)50/h3-29,31-32,38H,30H2,1-2H3. The fourth-order valence-electron chi connectivity index (χ4n) is 10.3. The predicted molar refractivity (Wildman–Crippen MR) is 263 cm³/mol. The molecule has 13 rings (SSSR count). The number of hydrogen-bond acceptors (Lipinski definition) is 5. The van der Waals surface area contributed by atoms with Gasteiger partial charge in [-0.2, -0.15) is 0 Å². The molecule has 5 nitrogen and oxygen atoms in total. The highest BCUT2D eigenvalue weighted by Crippen LogP contribution is 2.51. The Morgan fingerprint density at radius 1 is 0.431 bits per heavy atom. The summed E-state index contributed by atoms with van der Waals surface area (Å²) < 4.78 is 50.3. The smallest absolute Gasteiger partial charge is 0.159 e. The Morgan fingerprint density at radius 2 is 0.892 bits per heavy atom. The Kier molecular flexibility index (Phi) is 8.16. The van der Waals surface area contributed by atoms with E-state index in [0.29, 0.717) is 6.42 Å². The minimum absolute atomic E-state index is 0.244. The fraction of sp³-hybridized carbons (Fsp3) is 0.0690. The SMILES string of the molecule is Cc1cccc2c1oc1c(N(c3ccc(F)cc3)c3cc4c5cc(N(c6cccc7c6oc6c(C)cccc67)C6C=CC(F)=CC6)c6ccccc6c5oc4c4ccccc34)cccc12. The van der Waals surface area contributed by atoms with Crippen LogP contribution in [0.2, 0.25) is 0 Å². The van der Waals surface area contributed by atoms with Gasteiger partial charge in [0.15, 0.2) is 11.2 Å². The number of allylic oxidation sites excluding steroid dienone is 2. The second kappa shape index (κ2) is 14.2. The van der Waals surface area contributed by atoms with Gasteiger partial charge < -0.3 is 23.1 Å². The number of nitrogens with zero attached hydrogens (tertiary/aromatic N) is 2. The van der Waals surface area contributed by atoms with Gasteiger partial charge in [0, 0.05) is 59.5 Å². The van der Waals surface area contributed by atoms with Crippen molar-refractivity contribution in [2.75, 3.05) is 9.80 Å². The molecule has 0 saturated carbocycles. The van der Waals surface area contributed by atoms with Gasteiger partial charge in [-0.25, -0.2) is 8.78 Å². The van der Waals surface area contributed by atoms with E-state index in [-0.39, 0.29) is 17.7 Å². The summed E-state index contributed by atoms with van der Waals surface area (Å²) >= 11 is 0. The van der Waals surface area contributed by atoms with Crippen LogP contribution in [0.1, 0.15) is 17.5 Å². The van der Waals surface area contributed by atoms with Gasteiger partial charge in [0.05, 0.1) is 28.8 Å². The molecule has 3 heterocycles. The average Bonchev–Trinajstić information content (AvgIpc) is 4.04. The van der Waals surface area contributed by atoms with E-state index in [2.05, 4.69) is 133 Å². The Hall–Kier alpha value is -8.16. The van der Waals surface area contributed by atoms with Gasteiger partial charge in [-0.05, 0) is 92.1 Å². The predicted octanol–water partition coefficient (Wildman–Crippen LogP) is 17.2. The zero-order chi connectivity index (χ0) is 43.5. The number of para-hydroxylation sites is 4. The molecule has 0 radical (unpaired) electrons. The summed E-state index contributed by atoms with van der Waals surface area (Å²) in [4.78, 5) is 4.48. The largest absolute Gasteiger partial charge is 0.455 e. The van der Waals surface area contributed by atoms with Crippen molar-refractivity contribution in [1.82, 2.24) is 0 Å². The first kappa shape index (κ1) is 37.4. The third-order valence-electron chi connectivity index (χ3n) is 13.3. The van der Waals surface area contributed by atoms with Crippen molar-refractivity contribution in [3.05, 3.63) is 199 Å². The van der Waals surface area contributed by atoms with E-state index in [0.717, 1.165) is 127 Å². The number of benzene rings is 9. The lowest BCUT2D eigenvalue weighted by atomic mass is 9.97. The lowest BCUT2D eigenvalue weighted by Gasteiger charge is -2.33. The molecule has 1 unspecified atom stereocenters. The molecule has 7 heteroatoms. The summed E-state index contributed by atoms with van der Waals surface area (Å²) in [5.41, 5.74) is 11.0. The second-order valence-corrected chi connectivity index (χ2v) is 17.1. The highest BCUT2D eigenvalue weighted by atomic mass is 19.1. The molecule has 0 N–H and O–H groups in total. The average molecular weight is 849 g/mol. The molecule has 1 atom stereocenters. The lowest BCUT2D eigenvalue weighted by Crippen LogP contribution is -2.30. The van der Waals surface area contributed by atoms with E-state index in [1.54, 1.807) is 12.2 Å². The van der Waals surface area contributed by atoms with Gasteiger partial charge in [0.25, 0.3) is 0 Å². The molecule has 0 saturated heterocycles. The van der Waals surface area contributed by atoms with Crippen LogP contribution < -0.4 is 9.80 Å². The molecular weight excluding hydrogens is 811 g/mol. The van der Waals surface area contributed by atoms with Gasteiger partial charge >= 0.3 is 0 Å². The number of fused-ring (bicyclic) bond motifs is 13. The van der Waals surface area contributed by atoms with Crippen LogP contribution in [0, 0.1) is 19.7 Å². The van der Waals surface area contributed by atoms with Crippen LogP contribution in [-0.4, -0.2) is 6.04 Å². The number of furan rings is 3. The zero-order valence-electron chi connectivity index (χ0n) is 35.4. The molecule has 65 heavy (non-hydrogen) atoms. The fourth-order valence-corrected chi connectivity index (χ4v) is 10.3. The zero-order valence-corrected chi connectivity index (χ0v) is 35.4. The van der Waals surface area contributed by atoms with Crippen LogP contribution in [0.15, 0.2) is 195 Å². The Bertz CT molecular complexity index is 4000. The first-order valence-corrected chi connectivity index (χ1v) is 21.9. The van der Waals surface area contributed by atoms with Crippen molar-refractivity contribution in [1.29, 1.82) is 0 Å². The minimum Gasteiger partial charge on any atom is -0.455 e. The van der Waals surface area contributed by atoms with Gasteiger partial charge in [-0.3, -0.25) is 0 Å². The van der Waals surface area contributed by atoms with E-state index in [1.807, 2.05) is 42.5 Å². The number of anilines is 5. The van der Waals surface area contributed by atoms with Gasteiger partial charge in [0.1, 0.15) is 34.0 Å². The van der Waals surface area contributed by atoms with E-state index in [9.17, 15) is 8.78 Å². The van der Waals surface area contributed by atoms with Crippen molar-refractivity contribution < 1.29 is 22.0 Å².